The average molecular weight is 499 g/mol. The van der Waals surface area contributed by atoms with E-state index in [0.717, 1.165) is 16.9 Å². The van der Waals surface area contributed by atoms with Gasteiger partial charge in [0.1, 0.15) is 12.4 Å². The zero-order chi connectivity index (χ0) is 24.5. The summed E-state index contributed by atoms with van der Waals surface area (Å²) in [5.74, 6) is -0.0229. The van der Waals surface area contributed by atoms with Crippen LogP contribution in [0.5, 0.6) is 5.88 Å². The van der Waals surface area contributed by atoms with Gasteiger partial charge in [-0.3, -0.25) is 9.36 Å². The highest BCUT2D eigenvalue weighted by Gasteiger charge is 2.30. The highest BCUT2D eigenvalue weighted by molar-refractivity contribution is 6.42. The van der Waals surface area contributed by atoms with Crippen LogP contribution < -0.4 is 10.5 Å². The molecule has 4 aromatic rings. The fraction of sp³-hybridized carbons (Fsp3) is 0.160. The lowest BCUT2D eigenvalue weighted by molar-refractivity contribution is 0.1000. The second-order valence-corrected chi connectivity index (χ2v) is 8.98. The van der Waals surface area contributed by atoms with Crippen LogP contribution >= 0.6 is 23.2 Å². The Labute approximate surface area is 206 Å². The van der Waals surface area contributed by atoms with Crippen LogP contribution in [-0.2, 0) is 12.0 Å². The molecule has 4 rings (SSSR count). The Hall–Kier alpha value is -3.42. The van der Waals surface area contributed by atoms with Crippen molar-refractivity contribution in [1.82, 2.24) is 14.5 Å². The second kappa shape index (κ2) is 9.44. The molecule has 0 atom stereocenters. The van der Waals surface area contributed by atoms with E-state index in [-0.39, 0.29) is 18.0 Å². The van der Waals surface area contributed by atoms with E-state index < -0.39 is 11.3 Å². The maximum absolute atomic E-state index is 13.7. The number of amides is 1. The van der Waals surface area contributed by atoms with E-state index in [1.807, 2.05) is 30.5 Å². The fourth-order valence-corrected chi connectivity index (χ4v) is 3.89. The first kappa shape index (κ1) is 23.7. The van der Waals surface area contributed by atoms with Gasteiger partial charge in [0.2, 0.25) is 11.8 Å². The van der Waals surface area contributed by atoms with E-state index in [9.17, 15) is 9.18 Å². The number of nitrogens with two attached hydrogens (primary N) is 1. The third kappa shape index (κ3) is 4.76. The van der Waals surface area contributed by atoms with Crippen LogP contribution in [-0.4, -0.2) is 20.4 Å². The van der Waals surface area contributed by atoms with Crippen molar-refractivity contribution in [2.45, 2.75) is 25.9 Å². The Balaban J connectivity index is 1.73. The molecule has 0 fully saturated rings. The third-order valence-corrected chi connectivity index (χ3v) is 6.31. The topological polar surface area (TPSA) is 83.0 Å². The molecule has 34 heavy (non-hydrogen) atoms. The number of imidazole rings is 1. The minimum Gasteiger partial charge on any atom is -0.469 e. The maximum atomic E-state index is 13.7. The Kier molecular flexibility index (Phi) is 6.59. The van der Waals surface area contributed by atoms with Crippen LogP contribution in [0.4, 0.5) is 4.39 Å². The molecule has 0 aliphatic heterocycles. The lowest BCUT2D eigenvalue weighted by Gasteiger charge is -2.28. The third-order valence-electron chi connectivity index (χ3n) is 5.57. The summed E-state index contributed by atoms with van der Waals surface area (Å²) in [7, 11) is 0. The van der Waals surface area contributed by atoms with Gasteiger partial charge in [-0.2, -0.15) is 0 Å². The summed E-state index contributed by atoms with van der Waals surface area (Å²) in [6, 6.07) is 14.7. The predicted molar refractivity (Wildman–Crippen MR) is 129 cm³/mol. The number of benzene rings is 2. The van der Waals surface area contributed by atoms with E-state index in [4.69, 9.17) is 33.7 Å². The van der Waals surface area contributed by atoms with Crippen molar-refractivity contribution in [2.24, 2.45) is 5.73 Å². The van der Waals surface area contributed by atoms with Gasteiger partial charge in [-0.15, -0.1) is 0 Å². The number of nitrogens with zero attached hydrogens (tertiary/aromatic N) is 3. The number of aromatic nitrogens is 3. The van der Waals surface area contributed by atoms with Gasteiger partial charge in [0.05, 0.1) is 21.3 Å². The lowest BCUT2D eigenvalue weighted by Crippen LogP contribution is -2.24. The lowest BCUT2D eigenvalue weighted by atomic mass is 9.81. The standard InChI is InChI=1S/C25H21Cl2FN4O2/c1-25(2,16-4-9-19(26)20(27)11-16)21-13-30-22(32(21)18-7-5-17(28)6-8-18)14-34-23-10-3-15(12-31-23)24(29)33/h3-13H,14H2,1-2H3,(H2,29,33). The first-order chi connectivity index (χ1) is 16.2. The van der Waals surface area contributed by atoms with E-state index >= 15 is 0 Å². The molecule has 6 nitrogen and oxygen atoms in total. The Morgan fingerprint density at radius 3 is 2.38 bits per heavy atom. The quantitative estimate of drug-likeness (QED) is 0.353. The molecule has 0 aliphatic carbocycles. The summed E-state index contributed by atoms with van der Waals surface area (Å²) >= 11 is 12.4. The minimum atomic E-state index is -0.569. The molecule has 0 spiro atoms. The van der Waals surface area contributed by atoms with Gasteiger partial charge in [0, 0.05) is 29.6 Å². The number of rotatable bonds is 7. The molecular weight excluding hydrogens is 478 g/mol. The van der Waals surface area contributed by atoms with Crippen molar-refractivity contribution in [1.29, 1.82) is 0 Å². The normalized spacial score (nSPS) is 11.4. The van der Waals surface area contributed by atoms with E-state index in [1.165, 1.54) is 24.4 Å². The van der Waals surface area contributed by atoms with Crippen LogP contribution in [0.3, 0.4) is 0 Å². The molecule has 174 valence electrons. The van der Waals surface area contributed by atoms with E-state index in [0.29, 0.717) is 21.7 Å². The van der Waals surface area contributed by atoms with Crippen molar-refractivity contribution in [3.63, 3.8) is 0 Å². The molecule has 2 heterocycles. The Morgan fingerprint density at radius 2 is 1.76 bits per heavy atom. The second-order valence-electron chi connectivity index (χ2n) is 8.16. The summed E-state index contributed by atoms with van der Waals surface area (Å²) < 4.78 is 21.4. The van der Waals surface area contributed by atoms with Gasteiger partial charge in [-0.1, -0.05) is 43.1 Å². The molecule has 0 aliphatic rings. The maximum Gasteiger partial charge on any atom is 0.250 e. The molecule has 2 aromatic carbocycles. The highest BCUT2D eigenvalue weighted by atomic mass is 35.5. The van der Waals surface area contributed by atoms with Crippen LogP contribution in [0.25, 0.3) is 5.69 Å². The van der Waals surface area contributed by atoms with Crippen LogP contribution in [0.1, 0.15) is 41.3 Å². The molecule has 0 bridgehead atoms. The van der Waals surface area contributed by atoms with Crippen LogP contribution in [0.2, 0.25) is 10.0 Å². The zero-order valence-corrected chi connectivity index (χ0v) is 19.9. The number of carbonyl (C=O) groups excluding carboxylic acids is 1. The number of ether oxygens (including phenoxy) is 1. The molecule has 1 amide bonds. The summed E-state index contributed by atoms with van der Waals surface area (Å²) in [5, 5.41) is 0.923. The summed E-state index contributed by atoms with van der Waals surface area (Å²) in [6.45, 7) is 4.16. The monoisotopic (exact) mass is 498 g/mol. The summed E-state index contributed by atoms with van der Waals surface area (Å²) in [5.41, 5.74) is 7.50. The first-order valence-electron chi connectivity index (χ1n) is 10.3. The average Bonchev–Trinajstić information content (AvgIpc) is 3.25. The molecule has 0 unspecified atom stereocenters. The van der Waals surface area contributed by atoms with Gasteiger partial charge in [-0.05, 0) is 48.0 Å². The number of carbonyl (C=O) groups is 1. The molecule has 2 aromatic heterocycles. The van der Waals surface area contributed by atoms with Gasteiger partial charge < -0.3 is 10.5 Å². The SMILES string of the molecule is CC(C)(c1ccc(Cl)c(Cl)c1)c1cnc(COc2ccc(C(N)=O)cn2)n1-c1ccc(F)cc1. The predicted octanol–water partition coefficient (Wildman–Crippen LogP) is 5.72. The molecule has 2 N–H and O–H groups in total. The highest BCUT2D eigenvalue weighted by Crippen LogP contribution is 2.36. The van der Waals surface area contributed by atoms with Crippen LogP contribution in [0.15, 0.2) is 67.0 Å². The van der Waals surface area contributed by atoms with Crippen LogP contribution in [0, 0.1) is 5.82 Å². The van der Waals surface area contributed by atoms with Gasteiger partial charge in [-0.25, -0.2) is 14.4 Å². The van der Waals surface area contributed by atoms with E-state index in [1.54, 1.807) is 30.5 Å². The number of pyridine rings is 1. The summed E-state index contributed by atoms with van der Waals surface area (Å²) in [4.78, 5) is 20.0. The zero-order valence-electron chi connectivity index (χ0n) is 18.4. The molecule has 9 heteroatoms. The van der Waals surface area contributed by atoms with Crippen molar-refractivity contribution in [3.8, 4) is 11.6 Å². The van der Waals surface area contributed by atoms with Gasteiger partial charge >= 0.3 is 0 Å². The van der Waals surface area contributed by atoms with E-state index in [2.05, 4.69) is 9.97 Å². The summed E-state index contributed by atoms with van der Waals surface area (Å²) in [6.07, 6.45) is 3.11. The largest absolute Gasteiger partial charge is 0.469 e. The van der Waals surface area contributed by atoms with Crippen molar-refractivity contribution in [3.05, 3.63) is 105 Å². The molecule has 0 saturated carbocycles. The fourth-order valence-electron chi connectivity index (χ4n) is 3.59. The number of hydrogen-bond acceptors (Lipinski definition) is 4. The number of halogens is 3. The molecular formula is C25H21Cl2FN4O2. The Bertz CT molecular complexity index is 1340. The molecule has 0 saturated heterocycles. The van der Waals surface area contributed by atoms with Gasteiger partial charge in [0.15, 0.2) is 5.82 Å². The number of primary amides is 1. The van der Waals surface area contributed by atoms with Gasteiger partial charge in [0.25, 0.3) is 0 Å². The smallest absolute Gasteiger partial charge is 0.250 e. The Morgan fingerprint density at radius 1 is 1.03 bits per heavy atom. The minimum absolute atomic E-state index is 0.0811. The van der Waals surface area contributed by atoms with Crippen molar-refractivity contribution >= 4 is 29.1 Å². The van der Waals surface area contributed by atoms with Crippen molar-refractivity contribution in [2.75, 3.05) is 0 Å². The van der Waals surface area contributed by atoms with Crippen molar-refractivity contribution < 1.29 is 13.9 Å². The molecule has 0 radical (unpaired) electrons. The number of hydrogen-bond donors (Lipinski definition) is 1. The first-order valence-corrected chi connectivity index (χ1v) is 11.1.